The molecule has 0 aliphatic heterocycles. The number of hydrogen-bond acceptors (Lipinski definition) is 4. The third-order valence-corrected chi connectivity index (χ3v) is 4.43. The summed E-state index contributed by atoms with van der Waals surface area (Å²) in [4.78, 5) is 14.2. The Bertz CT molecular complexity index is 741. The number of nitrogens with one attached hydrogen (secondary N) is 1. The second kappa shape index (κ2) is 11.7. The van der Waals surface area contributed by atoms with E-state index in [9.17, 15) is 4.79 Å². The molecule has 0 unspecified atom stereocenters. The van der Waals surface area contributed by atoms with Crippen LogP contribution in [0, 0.1) is 0 Å². The molecule has 1 amide bonds. The van der Waals surface area contributed by atoms with Gasteiger partial charge in [0.15, 0.2) is 11.5 Å². The second-order valence-corrected chi connectivity index (χ2v) is 6.43. The maximum absolute atomic E-state index is 12.1. The average molecular weight is 413 g/mol. The van der Waals surface area contributed by atoms with E-state index in [0.717, 1.165) is 30.0 Å². The third-order valence-electron chi connectivity index (χ3n) is 4.10. The highest BCUT2D eigenvalue weighted by Gasteiger charge is 2.09. The summed E-state index contributed by atoms with van der Waals surface area (Å²) in [5, 5.41) is 3.38. The third kappa shape index (κ3) is 7.29. The quantitative estimate of drug-likeness (QED) is 0.667. The highest BCUT2D eigenvalue weighted by atomic mass is 35.5. The Morgan fingerprint density at radius 2 is 1.78 bits per heavy atom. The summed E-state index contributed by atoms with van der Waals surface area (Å²) >= 11 is 6.05. The fourth-order valence-corrected chi connectivity index (χ4v) is 2.72. The van der Waals surface area contributed by atoms with Gasteiger partial charge in [-0.1, -0.05) is 29.8 Å². The number of para-hydroxylation sites is 1. The van der Waals surface area contributed by atoms with Crippen molar-refractivity contribution in [2.24, 2.45) is 0 Å². The van der Waals surface area contributed by atoms with Gasteiger partial charge in [-0.3, -0.25) is 4.79 Å². The SMILES string of the molecule is COc1ccc(CCN(C)CCC(=O)Nc2ccccc2Cl)cc1OC.Cl. The lowest BCUT2D eigenvalue weighted by Crippen LogP contribution is -2.26. The summed E-state index contributed by atoms with van der Waals surface area (Å²) in [6.07, 6.45) is 1.27. The fraction of sp³-hybridized carbons (Fsp3) is 0.350. The highest BCUT2D eigenvalue weighted by molar-refractivity contribution is 6.33. The van der Waals surface area contributed by atoms with E-state index < -0.39 is 0 Å². The van der Waals surface area contributed by atoms with Crippen LogP contribution >= 0.6 is 24.0 Å². The van der Waals surface area contributed by atoms with Gasteiger partial charge in [-0.15, -0.1) is 12.4 Å². The number of methoxy groups -OCH3 is 2. The molecule has 0 aromatic heterocycles. The van der Waals surface area contributed by atoms with Crippen LogP contribution in [-0.4, -0.2) is 45.2 Å². The van der Waals surface area contributed by atoms with Crippen LogP contribution in [-0.2, 0) is 11.2 Å². The number of anilines is 1. The maximum atomic E-state index is 12.1. The van der Waals surface area contributed by atoms with Gasteiger partial charge in [-0.2, -0.15) is 0 Å². The predicted octanol–water partition coefficient (Wildman–Crippen LogP) is 4.28. The van der Waals surface area contributed by atoms with Gasteiger partial charge >= 0.3 is 0 Å². The predicted molar refractivity (Wildman–Crippen MR) is 113 cm³/mol. The van der Waals surface area contributed by atoms with Gasteiger partial charge < -0.3 is 19.7 Å². The molecule has 0 aliphatic carbocycles. The van der Waals surface area contributed by atoms with E-state index in [2.05, 4.69) is 10.2 Å². The molecule has 148 valence electrons. The monoisotopic (exact) mass is 412 g/mol. The maximum Gasteiger partial charge on any atom is 0.225 e. The lowest BCUT2D eigenvalue weighted by atomic mass is 10.1. The van der Waals surface area contributed by atoms with E-state index in [1.54, 1.807) is 26.4 Å². The normalized spacial score (nSPS) is 10.3. The molecular formula is C20H26Cl2N2O3. The minimum Gasteiger partial charge on any atom is -0.493 e. The largest absolute Gasteiger partial charge is 0.493 e. The van der Waals surface area contributed by atoms with Crippen molar-refractivity contribution in [1.82, 2.24) is 4.90 Å². The Balaban J connectivity index is 0.00000364. The van der Waals surface area contributed by atoms with E-state index in [1.165, 1.54) is 0 Å². The van der Waals surface area contributed by atoms with Crippen LogP contribution in [0.25, 0.3) is 0 Å². The molecule has 0 radical (unpaired) electrons. The van der Waals surface area contributed by atoms with Crippen molar-refractivity contribution in [3.63, 3.8) is 0 Å². The zero-order valence-electron chi connectivity index (χ0n) is 15.8. The molecule has 1 N–H and O–H groups in total. The molecule has 0 fully saturated rings. The van der Waals surface area contributed by atoms with Gasteiger partial charge in [0.2, 0.25) is 5.91 Å². The molecule has 2 rings (SSSR count). The Morgan fingerprint density at radius 3 is 2.44 bits per heavy atom. The van der Waals surface area contributed by atoms with Gasteiger partial charge in [0, 0.05) is 19.5 Å². The molecule has 2 aromatic carbocycles. The molecule has 0 saturated carbocycles. The topological polar surface area (TPSA) is 50.8 Å². The van der Waals surface area contributed by atoms with Crippen LogP contribution in [0.3, 0.4) is 0 Å². The number of carbonyl (C=O) groups is 1. The Hall–Kier alpha value is -1.95. The minimum absolute atomic E-state index is 0. The number of hydrogen-bond donors (Lipinski definition) is 1. The number of nitrogens with zero attached hydrogens (tertiary/aromatic N) is 1. The molecule has 0 saturated heterocycles. The number of carbonyl (C=O) groups excluding carboxylic acids is 1. The number of halogens is 2. The summed E-state index contributed by atoms with van der Waals surface area (Å²) < 4.78 is 10.6. The molecule has 5 nitrogen and oxygen atoms in total. The lowest BCUT2D eigenvalue weighted by Gasteiger charge is -2.17. The van der Waals surface area contributed by atoms with Crippen molar-refractivity contribution < 1.29 is 14.3 Å². The van der Waals surface area contributed by atoms with Crippen molar-refractivity contribution in [2.45, 2.75) is 12.8 Å². The number of amides is 1. The van der Waals surface area contributed by atoms with Crippen molar-refractivity contribution in [2.75, 3.05) is 39.7 Å². The zero-order chi connectivity index (χ0) is 18.9. The van der Waals surface area contributed by atoms with E-state index in [1.807, 2.05) is 37.4 Å². The fourth-order valence-electron chi connectivity index (χ4n) is 2.54. The molecule has 0 atom stereocenters. The van der Waals surface area contributed by atoms with Crippen LogP contribution < -0.4 is 14.8 Å². The van der Waals surface area contributed by atoms with E-state index in [0.29, 0.717) is 23.7 Å². The van der Waals surface area contributed by atoms with E-state index >= 15 is 0 Å². The molecule has 27 heavy (non-hydrogen) atoms. The summed E-state index contributed by atoms with van der Waals surface area (Å²) in [5.74, 6) is 1.41. The number of benzene rings is 2. The van der Waals surface area contributed by atoms with Crippen LogP contribution in [0.15, 0.2) is 42.5 Å². The Labute approximate surface area is 172 Å². The smallest absolute Gasteiger partial charge is 0.225 e. The Kier molecular flexibility index (Phi) is 10.0. The van der Waals surface area contributed by atoms with Crippen LogP contribution in [0.1, 0.15) is 12.0 Å². The standard InChI is InChI=1S/C20H25ClN2O3.ClH/c1-23(12-10-15-8-9-18(25-2)19(14-15)26-3)13-11-20(24)22-17-7-5-4-6-16(17)21;/h4-9,14H,10-13H2,1-3H3,(H,22,24);1H. The van der Waals surface area contributed by atoms with Gasteiger partial charge in [0.05, 0.1) is 24.9 Å². The van der Waals surface area contributed by atoms with Crippen LogP contribution in [0.4, 0.5) is 5.69 Å². The van der Waals surface area contributed by atoms with Crippen molar-refractivity contribution >= 4 is 35.6 Å². The highest BCUT2D eigenvalue weighted by Crippen LogP contribution is 2.27. The Morgan fingerprint density at radius 1 is 1.07 bits per heavy atom. The summed E-state index contributed by atoms with van der Waals surface area (Å²) in [6, 6.07) is 13.1. The molecule has 2 aromatic rings. The average Bonchev–Trinajstić information content (AvgIpc) is 2.66. The summed E-state index contributed by atoms with van der Waals surface area (Å²) in [6.45, 7) is 1.51. The first-order valence-corrected chi connectivity index (χ1v) is 8.85. The van der Waals surface area contributed by atoms with E-state index in [-0.39, 0.29) is 18.3 Å². The number of rotatable bonds is 9. The van der Waals surface area contributed by atoms with Crippen molar-refractivity contribution in [1.29, 1.82) is 0 Å². The molecule has 0 spiro atoms. The molecule has 0 bridgehead atoms. The number of likely N-dealkylation sites (N-methyl/N-ethyl adjacent to an activating group) is 1. The van der Waals surface area contributed by atoms with Crippen molar-refractivity contribution in [3.8, 4) is 11.5 Å². The van der Waals surface area contributed by atoms with Gasteiger partial charge in [0.25, 0.3) is 0 Å². The van der Waals surface area contributed by atoms with E-state index in [4.69, 9.17) is 21.1 Å². The van der Waals surface area contributed by atoms with Gasteiger partial charge in [-0.05, 0) is 43.3 Å². The summed E-state index contributed by atoms with van der Waals surface area (Å²) in [5.41, 5.74) is 1.81. The van der Waals surface area contributed by atoms with Gasteiger partial charge in [-0.25, -0.2) is 0 Å². The molecule has 0 aliphatic rings. The molecule has 0 heterocycles. The first kappa shape index (κ1) is 23.1. The molecular weight excluding hydrogens is 387 g/mol. The minimum atomic E-state index is -0.0453. The lowest BCUT2D eigenvalue weighted by molar-refractivity contribution is -0.116. The number of ether oxygens (including phenoxy) is 2. The first-order valence-electron chi connectivity index (χ1n) is 8.47. The first-order chi connectivity index (χ1) is 12.5. The van der Waals surface area contributed by atoms with Crippen molar-refractivity contribution in [3.05, 3.63) is 53.1 Å². The van der Waals surface area contributed by atoms with Crippen LogP contribution in [0.5, 0.6) is 11.5 Å². The zero-order valence-corrected chi connectivity index (χ0v) is 17.4. The summed E-state index contributed by atoms with van der Waals surface area (Å²) in [7, 11) is 5.26. The molecule has 7 heteroatoms. The second-order valence-electron chi connectivity index (χ2n) is 6.02. The van der Waals surface area contributed by atoms with Crippen LogP contribution in [0.2, 0.25) is 5.02 Å². The van der Waals surface area contributed by atoms with Gasteiger partial charge in [0.1, 0.15) is 0 Å².